The van der Waals surface area contributed by atoms with E-state index >= 15 is 0 Å². The van der Waals surface area contributed by atoms with Gasteiger partial charge in [0, 0.05) is 24.8 Å². The molecule has 0 spiro atoms. The fourth-order valence-electron chi connectivity index (χ4n) is 3.49. The Hall–Kier alpha value is -1.75. The van der Waals surface area contributed by atoms with Crippen LogP contribution >= 0.6 is 0 Å². The maximum absolute atomic E-state index is 12.6. The van der Waals surface area contributed by atoms with Gasteiger partial charge in [0.1, 0.15) is 5.75 Å². The number of anilines is 1. The molecule has 114 valence electrons. The van der Waals surface area contributed by atoms with E-state index in [1.807, 2.05) is 11.0 Å². The molecular weight excluding hydrogens is 268 g/mol. The number of amides is 1. The molecule has 3 N–H and O–H groups in total. The summed E-state index contributed by atoms with van der Waals surface area (Å²) in [7, 11) is 1.56. The van der Waals surface area contributed by atoms with Crippen molar-refractivity contribution in [2.75, 3.05) is 19.5 Å². The standard InChI is InChI=1S/C16H22N2O3/c1-21-15-7-13-11(6-14(15)17)8-18(16(13)20)12-4-2-10(9-19)3-5-12/h6-7,10,12,19H,2-5,8-9,17H2,1H3/t10-,12-. The number of hydrogen-bond donors (Lipinski definition) is 2. The maximum atomic E-state index is 12.6. The number of carbonyl (C=O) groups excluding carboxylic acids is 1. The molecule has 1 fully saturated rings. The van der Waals surface area contributed by atoms with Crippen LogP contribution in [0.1, 0.15) is 41.6 Å². The van der Waals surface area contributed by atoms with Gasteiger partial charge in [0.2, 0.25) is 0 Å². The van der Waals surface area contributed by atoms with E-state index in [2.05, 4.69) is 0 Å². The monoisotopic (exact) mass is 290 g/mol. The first-order chi connectivity index (χ1) is 10.1. The van der Waals surface area contributed by atoms with E-state index < -0.39 is 0 Å². The van der Waals surface area contributed by atoms with Crippen molar-refractivity contribution < 1.29 is 14.6 Å². The van der Waals surface area contributed by atoms with Gasteiger partial charge in [-0.25, -0.2) is 0 Å². The number of nitrogen functional groups attached to an aromatic ring is 1. The SMILES string of the molecule is COc1cc2c(cc1N)CN([C@H]1CC[C@H](CO)CC1)C2=O. The van der Waals surface area contributed by atoms with E-state index in [-0.39, 0.29) is 18.6 Å². The predicted octanol–water partition coefficient (Wildman–Crippen LogP) is 1.78. The Bertz CT molecular complexity index is 551. The largest absolute Gasteiger partial charge is 0.495 e. The molecule has 0 bridgehead atoms. The normalized spacial score (nSPS) is 25.0. The summed E-state index contributed by atoms with van der Waals surface area (Å²) in [6.07, 6.45) is 3.93. The third kappa shape index (κ3) is 2.46. The van der Waals surface area contributed by atoms with Crippen molar-refractivity contribution in [1.29, 1.82) is 0 Å². The zero-order valence-electron chi connectivity index (χ0n) is 12.3. The number of fused-ring (bicyclic) bond motifs is 1. The first kappa shape index (κ1) is 14.2. The second-order valence-corrected chi connectivity index (χ2v) is 6.04. The van der Waals surface area contributed by atoms with Crippen molar-refractivity contribution in [2.45, 2.75) is 38.3 Å². The van der Waals surface area contributed by atoms with Gasteiger partial charge in [0.25, 0.3) is 5.91 Å². The molecule has 1 aromatic rings. The number of ether oxygens (including phenoxy) is 1. The maximum Gasteiger partial charge on any atom is 0.254 e. The Morgan fingerprint density at radius 2 is 2.05 bits per heavy atom. The molecule has 21 heavy (non-hydrogen) atoms. The lowest BCUT2D eigenvalue weighted by molar-refractivity contribution is 0.0609. The molecule has 1 aromatic carbocycles. The Labute approximate surface area is 124 Å². The Balaban J connectivity index is 1.78. The number of benzene rings is 1. The van der Waals surface area contributed by atoms with Crippen LogP contribution in [0.2, 0.25) is 0 Å². The summed E-state index contributed by atoms with van der Waals surface area (Å²) in [6.45, 7) is 0.894. The zero-order valence-corrected chi connectivity index (χ0v) is 12.3. The van der Waals surface area contributed by atoms with Gasteiger partial charge >= 0.3 is 0 Å². The van der Waals surface area contributed by atoms with E-state index in [9.17, 15) is 9.90 Å². The third-order valence-corrected chi connectivity index (χ3v) is 4.80. The van der Waals surface area contributed by atoms with Gasteiger partial charge in [0.15, 0.2) is 0 Å². The summed E-state index contributed by atoms with van der Waals surface area (Å²) in [5, 5.41) is 9.22. The first-order valence-corrected chi connectivity index (χ1v) is 7.52. The number of nitrogens with two attached hydrogens (primary N) is 1. The van der Waals surface area contributed by atoms with Crippen molar-refractivity contribution in [1.82, 2.24) is 4.90 Å². The van der Waals surface area contributed by atoms with Gasteiger partial charge in [-0.15, -0.1) is 0 Å². The molecule has 5 heteroatoms. The number of carbonyl (C=O) groups is 1. The van der Waals surface area contributed by atoms with Gasteiger partial charge in [-0.1, -0.05) is 0 Å². The molecule has 0 aromatic heterocycles. The topological polar surface area (TPSA) is 75.8 Å². The van der Waals surface area contributed by atoms with Crippen LogP contribution in [-0.4, -0.2) is 35.7 Å². The number of aliphatic hydroxyl groups is 1. The highest BCUT2D eigenvalue weighted by molar-refractivity contribution is 5.99. The van der Waals surface area contributed by atoms with E-state index in [0.717, 1.165) is 31.2 Å². The van der Waals surface area contributed by atoms with Crippen molar-refractivity contribution in [3.63, 3.8) is 0 Å². The third-order valence-electron chi connectivity index (χ3n) is 4.80. The summed E-state index contributed by atoms with van der Waals surface area (Å²) in [5.74, 6) is 1.04. The smallest absolute Gasteiger partial charge is 0.254 e. The molecule has 1 saturated carbocycles. The van der Waals surface area contributed by atoms with Crippen LogP contribution in [0.3, 0.4) is 0 Å². The van der Waals surface area contributed by atoms with Crippen LogP contribution in [0.25, 0.3) is 0 Å². The van der Waals surface area contributed by atoms with Crippen molar-refractivity contribution >= 4 is 11.6 Å². The Morgan fingerprint density at radius 1 is 1.33 bits per heavy atom. The van der Waals surface area contributed by atoms with Crippen molar-refractivity contribution in [3.05, 3.63) is 23.3 Å². The van der Waals surface area contributed by atoms with E-state index in [0.29, 0.717) is 29.5 Å². The average Bonchev–Trinajstić information content (AvgIpc) is 2.82. The summed E-state index contributed by atoms with van der Waals surface area (Å²) in [4.78, 5) is 14.6. The van der Waals surface area contributed by atoms with E-state index in [1.165, 1.54) is 0 Å². The van der Waals surface area contributed by atoms with Crippen LogP contribution in [0, 0.1) is 5.92 Å². The summed E-state index contributed by atoms with van der Waals surface area (Å²) < 4.78 is 5.20. The number of rotatable bonds is 3. The van der Waals surface area contributed by atoms with Crippen LogP contribution in [0.5, 0.6) is 5.75 Å². The molecule has 0 atom stereocenters. The zero-order chi connectivity index (χ0) is 15.0. The molecule has 0 saturated heterocycles. The van der Waals surface area contributed by atoms with Crippen LogP contribution in [0.15, 0.2) is 12.1 Å². The molecule has 3 rings (SSSR count). The molecule has 1 aliphatic carbocycles. The van der Waals surface area contributed by atoms with Crippen LogP contribution in [-0.2, 0) is 6.54 Å². The molecular formula is C16H22N2O3. The lowest BCUT2D eigenvalue weighted by Gasteiger charge is -2.34. The molecule has 0 radical (unpaired) electrons. The summed E-state index contributed by atoms with van der Waals surface area (Å²) in [6, 6.07) is 3.89. The lowest BCUT2D eigenvalue weighted by Crippen LogP contribution is -2.38. The van der Waals surface area contributed by atoms with Gasteiger partial charge in [-0.2, -0.15) is 0 Å². The minimum absolute atomic E-state index is 0.0794. The number of aliphatic hydroxyl groups excluding tert-OH is 1. The molecule has 1 aliphatic heterocycles. The van der Waals surface area contributed by atoms with Crippen molar-refractivity contribution in [2.24, 2.45) is 5.92 Å². The number of hydrogen-bond acceptors (Lipinski definition) is 4. The Kier molecular flexibility index (Phi) is 3.76. The fourth-order valence-corrected chi connectivity index (χ4v) is 3.49. The molecule has 1 heterocycles. The highest BCUT2D eigenvalue weighted by Gasteiger charge is 2.35. The molecule has 2 aliphatic rings. The number of methoxy groups -OCH3 is 1. The highest BCUT2D eigenvalue weighted by atomic mass is 16.5. The summed E-state index contributed by atoms with van der Waals surface area (Å²) >= 11 is 0. The summed E-state index contributed by atoms with van der Waals surface area (Å²) in [5.41, 5.74) is 8.21. The quantitative estimate of drug-likeness (QED) is 0.832. The Morgan fingerprint density at radius 3 is 2.67 bits per heavy atom. The van der Waals surface area contributed by atoms with Crippen LogP contribution < -0.4 is 10.5 Å². The van der Waals surface area contributed by atoms with Gasteiger partial charge in [-0.3, -0.25) is 4.79 Å². The lowest BCUT2D eigenvalue weighted by atomic mass is 9.86. The fraction of sp³-hybridized carbons (Fsp3) is 0.562. The molecule has 0 unspecified atom stereocenters. The van der Waals surface area contributed by atoms with E-state index in [4.69, 9.17) is 10.5 Å². The average molecular weight is 290 g/mol. The van der Waals surface area contributed by atoms with E-state index in [1.54, 1.807) is 13.2 Å². The second kappa shape index (κ2) is 5.56. The second-order valence-electron chi connectivity index (χ2n) is 6.04. The minimum atomic E-state index is 0.0794. The molecule has 5 nitrogen and oxygen atoms in total. The molecule has 1 amide bonds. The predicted molar refractivity (Wildman–Crippen MR) is 80.1 cm³/mol. The van der Waals surface area contributed by atoms with Gasteiger partial charge in [0.05, 0.1) is 12.8 Å². The van der Waals surface area contributed by atoms with Gasteiger partial charge < -0.3 is 20.5 Å². The van der Waals surface area contributed by atoms with Crippen molar-refractivity contribution in [3.8, 4) is 5.75 Å². The highest BCUT2D eigenvalue weighted by Crippen LogP contribution is 2.36. The van der Waals surface area contributed by atoms with Gasteiger partial charge in [-0.05, 0) is 49.3 Å². The van der Waals surface area contributed by atoms with Crippen LogP contribution in [0.4, 0.5) is 5.69 Å². The first-order valence-electron chi connectivity index (χ1n) is 7.52. The number of nitrogens with zero attached hydrogens (tertiary/aromatic N) is 1. The minimum Gasteiger partial charge on any atom is -0.495 e.